The highest BCUT2D eigenvalue weighted by atomic mass is 79.9. The fraction of sp³-hybridized carbons (Fsp3) is 0.200. The van der Waals surface area contributed by atoms with Crippen molar-refractivity contribution in [3.63, 3.8) is 0 Å². The number of para-hydroxylation sites is 1. The van der Waals surface area contributed by atoms with E-state index in [0.717, 1.165) is 29.7 Å². The number of anilines is 2. The van der Waals surface area contributed by atoms with Crippen LogP contribution in [0.5, 0.6) is 0 Å². The molecule has 1 aliphatic rings. The second kappa shape index (κ2) is 4.65. The number of hydrogen-bond donors (Lipinski definition) is 1. The van der Waals surface area contributed by atoms with Gasteiger partial charge in [-0.3, -0.25) is 0 Å². The molecule has 1 heterocycles. The summed E-state index contributed by atoms with van der Waals surface area (Å²) >= 11 is 3.46. The number of nitrogen functional groups attached to an aromatic ring is 1. The molecule has 0 amide bonds. The van der Waals surface area contributed by atoms with Crippen molar-refractivity contribution in [1.29, 1.82) is 0 Å². The fourth-order valence-corrected chi connectivity index (χ4v) is 2.80. The maximum absolute atomic E-state index is 6.09. The van der Waals surface area contributed by atoms with Gasteiger partial charge < -0.3 is 10.6 Å². The highest BCUT2D eigenvalue weighted by Crippen LogP contribution is 2.34. The standard InChI is InChI=1S/C15H15BrN2/c16-13-6-4-11(5-7-13)10-18-9-8-12-2-1-3-14(17)15(12)18/h1-7H,8-10,17H2. The maximum atomic E-state index is 6.09. The van der Waals surface area contributed by atoms with E-state index in [2.05, 4.69) is 51.2 Å². The summed E-state index contributed by atoms with van der Waals surface area (Å²) in [5.41, 5.74) is 10.9. The van der Waals surface area contributed by atoms with E-state index in [4.69, 9.17) is 5.73 Å². The Morgan fingerprint density at radius 2 is 1.89 bits per heavy atom. The Hall–Kier alpha value is -1.48. The van der Waals surface area contributed by atoms with E-state index in [-0.39, 0.29) is 0 Å². The van der Waals surface area contributed by atoms with Gasteiger partial charge in [0.05, 0.1) is 11.4 Å². The lowest BCUT2D eigenvalue weighted by atomic mass is 10.1. The van der Waals surface area contributed by atoms with E-state index in [1.54, 1.807) is 0 Å². The summed E-state index contributed by atoms with van der Waals surface area (Å²) in [6.45, 7) is 1.98. The summed E-state index contributed by atoms with van der Waals surface area (Å²) in [7, 11) is 0. The van der Waals surface area contributed by atoms with Crippen LogP contribution in [0.1, 0.15) is 11.1 Å². The van der Waals surface area contributed by atoms with Crippen LogP contribution in [0.25, 0.3) is 0 Å². The molecule has 0 fully saturated rings. The fourth-order valence-electron chi connectivity index (χ4n) is 2.53. The number of nitrogens with two attached hydrogens (primary N) is 1. The lowest BCUT2D eigenvalue weighted by Gasteiger charge is -2.21. The zero-order valence-electron chi connectivity index (χ0n) is 10.1. The molecule has 0 aromatic heterocycles. The third-order valence-corrected chi connectivity index (χ3v) is 3.93. The molecule has 18 heavy (non-hydrogen) atoms. The number of halogens is 1. The Balaban J connectivity index is 1.86. The third kappa shape index (κ3) is 2.10. The second-order valence-corrected chi connectivity index (χ2v) is 5.57. The maximum Gasteiger partial charge on any atom is 0.0636 e. The minimum atomic E-state index is 0.891. The summed E-state index contributed by atoms with van der Waals surface area (Å²) in [4.78, 5) is 2.37. The Labute approximate surface area is 116 Å². The average Bonchev–Trinajstić information content (AvgIpc) is 2.77. The van der Waals surface area contributed by atoms with Crippen LogP contribution in [0.2, 0.25) is 0 Å². The number of benzene rings is 2. The van der Waals surface area contributed by atoms with Gasteiger partial charge in [0.15, 0.2) is 0 Å². The monoisotopic (exact) mass is 302 g/mol. The Morgan fingerprint density at radius 3 is 2.67 bits per heavy atom. The molecule has 2 aromatic carbocycles. The van der Waals surface area contributed by atoms with Gasteiger partial charge in [-0.2, -0.15) is 0 Å². The van der Waals surface area contributed by atoms with Crippen molar-refractivity contribution in [1.82, 2.24) is 0 Å². The topological polar surface area (TPSA) is 29.3 Å². The van der Waals surface area contributed by atoms with Crippen LogP contribution in [0.4, 0.5) is 11.4 Å². The van der Waals surface area contributed by atoms with Gasteiger partial charge >= 0.3 is 0 Å². The summed E-state index contributed by atoms with van der Waals surface area (Å²) in [5, 5.41) is 0. The van der Waals surface area contributed by atoms with Gasteiger partial charge in [-0.05, 0) is 35.7 Å². The van der Waals surface area contributed by atoms with Crippen molar-refractivity contribution < 1.29 is 0 Å². The van der Waals surface area contributed by atoms with Gasteiger partial charge in [0, 0.05) is 17.6 Å². The zero-order chi connectivity index (χ0) is 12.5. The normalized spacial score (nSPS) is 13.7. The van der Waals surface area contributed by atoms with Crippen LogP contribution in [-0.2, 0) is 13.0 Å². The molecule has 0 atom stereocenters. The summed E-state index contributed by atoms with van der Waals surface area (Å²) in [5.74, 6) is 0. The molecule has 0 saturated carbocycles. The zero-order valence-corrected chi connectivity index (χ0v) is 11.7. The first-order valence-electron chi connectivity index (χ1n) is 6.11. The van der Waals surface area contributed by atoms with Crippen molar-refractivity contribution >= 4 is 27.3 Å². The minimum Gasteiger partial charge on any atom is -0.397 e. The van der Waals surface area contributed by atoms with Crippen LogP contribution < -0.4 is 10.6 Å². The quantitative estimate of drug-likeness (QED) is 0.859. The van der Waals surface area contributed by atoms with Crippen LogP contribution >= 0.6 is 15.9 Å². The van der Waals surface area contributed by atoms with E-state index in [9.17, 15) is 0 Å². The van der Waals surface area contributed by atoms with E-state index < -0.39 is 0 Å². The highest BCUT2D eigenvalue weighted by molar-refractivity contribution is 9.10. The Kier molecular flexibility index (Phi) is 3.00. The van der Waals surface area contributed by atoms with E-state index in [1.165, 1.54) is 16.8 Å². The van der Waals surface area contributed by atoms with Crippen LogP contribution in [0, 0.1) is 0 Å². The molecule has 0 bridgehead atoms. The van der Waals surface area contributed by atoms with Crippen molar-refractivity contribution in [2.75, 3.05) is 17.2 Å². The number of rotatable bonds is 2. The molecule has 0 unspecified atom stereocenters. The summed E-state index contributed by atoms with van der Waals surface area (Å²) < 4.78 is 1.12. The molecular weight excluding hydrogens is 288 g/mol. The summed E-state index contributed by atoms with van der Waals surface area (Å²) in [6, 6.07) is 14.7. The second-order valence-electron chi connectivity index (χ2n) is 4.65. The van der Waals surface area contributed by atoms with E-state index >= 15 is 0 Å². The molecule has 0 aliphatic carbocycles. The molecule has 0 spiro atoms. The van der Waals surface area contributed by atoms with Gasteiger partial charge in [0.2, 0.25) is 0 Å². The number of fused-ring (bicyclic) bond motifs is 1. The van der Waals surface area contributed by atoms with Crippen molar-refractivity contribution in [2.24, 2.45) is 0 Å². The van der Waals surface area contributed by atoms with Gasteiger partial charge in [-0.15, -0.1) is 0 Å². The summed E-state index contributed by atoms with van der Waals surface area (Å²) in [6.07, 6.45) is 1.09. The molecule has 2 aromatic rings. The molecule has 2 nitrogen and oxygen atoms in total. The Morgan fingerprint density at radius 1 is 1.11 bits per heavy atom. The predicted molar refractivity (Wildman–Crippen MR) is 79.8 cm³/mol. The molecule has 2 N–H and O–H groups in total. The molecular formula is C15H15BrN2. The molecule has 1 aliphatic heterocycles. The molecule has 0 saturated heterocycles. The first kappa shape index (κ1) is 11.6. The Bertz CT molecular complexity index is 563. The highest BCUT2D eigenvalue weighted by Gasteiger charge is 2.20. The van der Waals surface area contributed by atoms with Crippen LogP contribution in [0.15, 0.2) is 46.9 Å². The van der Waals surface area contributed by atoms with Gasteiger partial charge in [0.1, 0.15) is 0 Å². The SMILES string of the molecule is Nc1cccc2c1N(Cc1ccc(Br)cc1)CC2. The van der Waals surface area contributed by atoms with Crippen LogP contribution in [-0.4, -0.2) is 6.54 Å². The third-order valence-electron chi connectivity index (χ3n) is 3.40. The largest absolute Gasteiger partial charge is 0.397 e. The predicted octanol–water partition coefficient (Wildman–Crippen LogP) is 3.59. The van der Waals surface area contributed by atoms with Crippen molar-refractivity contribution in [3.05, 3.63) is 58.1 Å². The van der Waals surface area contributed by atoms with Gasteiger partial charge in [-0.25, -0.2) is 0 Å². The average molecular weight is 303 g/mol. The van der Waals surface area contributed by atoms with E-state index in [1.807, 2.05) is 12.1 Å². The first-order valence-corrected chi connectivity index (χ1v) is 6.90. The molecule has 0 radical (unpaired) electrons. The lowest BCUT2D eigenvalue weighted by Crippen LogP contribution is -2.20. The lowest BCUT2D eigenvalue weighted by molar-refractivity contribution is 0.837. The van der Waals surface area contributed by atoms with Crippen molar-refractivity contribution in [3.8, 4) is 0 Å². The van der Waals surface area contributed by atoms with Gasteiger partial charge in [0.25, 0.3) is 0 Å². The minimum absolute atomic E-state index is 0.891. The molecule has 3 heteroatoms. The van der Waals surface area contributed by atoms with Crippen LogP contribution in [0.3, 0.4) is 0 Å². The first-order chi connectivity index (χ1) is 8.74. The van der Waals surface area contributed by atoms with Crippen molar-refractivity contribution in [2.45, 2.75) is 13.0 Å². The number of nitrogens with zero attached hydrogens (tertiary/aromatic N) is 1. The number of hydrogen-bond acceptors (Lipinski definition) is 2. The van der Waals surface area contributed by atoms with E-state index in [0.29, 0.717) is 0 Å². The molecule has 3 rings (SSSR count). The van der Waals surface area contributed by atoms with Gasteiger partial charge in [-0.1, -0.05) is 40.2 Å². The smallest absolute Gasteiger partial charge is 0.0636 e. The molecule has 92 valence electrons.